The Morgan fingerprint density at radius 2 is 1.34 bits per heavy atom. The highest BCUT2D eigenvalue weighted by atomic mass is 16.5. The van der Waals surface area contributed by atoms with E-state index in [0.29, 0.717) is 18.0 Å². The Hall–Kier alpha value is -3.03. The van der Waals surface area contributed by atoms with Crippen LogP contribution < -0.4 is 0 Å². The molecule has 1 aliphatic heterocycles. The summed E-state index contributed by atoms with van der Waals surface area (Å²) in [6, 6.07) is 1.79. The molecule has 13 heteroatoms. The smallest absolute Gasteiger partial charge is 0.319 e. The summed E-state index contributed by atoms with van der Waals surface area (Å²) in [6.45, 7) is 0.401. The number of hydrogen-bond donors (Lipinski definition) is 0. The molecule has 1 aromatic heterocycles. The van der Waals surface area contributed by atoms with Gasteiger partial charge in [-0.1, -0.05) is 0 Å². The molecule has 1 aliphatic rings. The number of ether oxygens (including phenoxy) is 5. The zero-order chi connectivity index (χ0) is 25.8. The number of aromatic nitrogens is 2. The fourth-order valence-corrected chi connectivity index (χ4v) is 3.63. The molecule has 2 heterocycles. The van der Waals surface area contributed by atoms with Crippen LogP contribution >= 0.6 is 0 Å². The van der Waals surface area contributed by atoms with Crippen molar-refractivity contribution in [1.82, 2.24) is 19.6 Å². The maximum Gasteiger partial charge on any atom is 0.319 e. The first-order valence-electron chi connectivity index (χ1n) is 11.2. The molecule has 1 fully saturated rings. The third kappa shape index (κ3) is 9.26. The third-order valence-electron chi connectivity index (χ3n) is 5.38. The number of hydrogen-bond acceptors (Lipinski definition) is 12. The highest BCUT2D eigenvalue weighted by Crippen LogP contribution is 2.25. The van der Waals surface area contributed by atoms with Crippen molar-refractivity contribution in [2.45, 2.75) is 38.6 Å². The first-order chi connectivity index (χ1) is 16.8. The van der Waals surface area contributed by atoms with E-state index >= 15 is 0 Å². The van der Waals surface area contributed by atoms with E-state index in [1.807, 2.05) is 0 Å². The second-order valence-corrected chi connectivity index (χ2v) is 7.99. The van der Waals surface area contributed by atoms with Gasteiger partial charge in [-0.15, -0.1) is 0 Å². The van der Waals surface area contributed by atoms with Crippen LogP contribution in [0.5, 0.6) is 0 Å². The van der Waals surface area contributed by atoms with E-state index in [0.717, 1.165) is 19.3 Å². The van der Waals surface area contributed by atoms with Crippen molar-refractivity contribution in [2.24, 2.45) is 0 Å². The van der Waals surface area contributed by atoms with Crippen molar-refractivity contribution < 1.29 is 42.9 Å². The number of rotatable bonds is 13. The molecule has 13 nitrogen and oxygen atoms in total. The fourth-order valence-electron chi connectivity index (χ4n) is 3.63. The average Bonchev–Trinajstić information content (AvgIpc) is 3.25. The van der Waals surface area contributed by atoms with Crippen LogP contribution in [0.3, 0.4) is 0 Å². The van der Waals surface area contributed by atoms with Gasteiger partial charge in [0.25, 0.3) is 0 Å². The molecule has 1 unspecified atom stereocenters. The van der Waals surface area contributed by atoms with Crippen LogP contribution in [-0.2, 0) is 56.0 Å². The molecule has 0 aliphatic carbocycles. The van der Waals surface area contributed by atoms with Gasteiger partial charge >= 0.3 is 23.9 Å². The van der Waals surface area contributed by atoms with Crippen LogP contribution in [0.25, 0.3) is 0 Å². The molecule has 1 saturated heterocycles. The van der Waals surface area contributed by atoms with Crippen LogP contribution in [0.1, 0.15) is 36.9 Å². The van der Waals surface area contributed by atoms with Crippen LogP contribution in [0.15, 0.2) is 6.07 Å². The van der Waals surface area contributed by atoms with Crippen LogP contribution in [0.4, 0.5) is 0 Å². The predicted molar refractivity (Wildman–Crippen MR) is 120 cm³/mol. The lowest BCUT2D eigenvalue weighted by molar-refractivity contribution is -0.147. The summed E-state index contributed by atoms with van der Waals surface area (Å²) in [5.74, 6) is -2.02. The molecule has 0 saturated carbocycles. The van der Waals surface area contributed by atoms with Gasteiger partial charge in [0, 0.05) is 19.7 Å². The Bertz CT molecular complexity index is 831. The van der Waals surface area contributed by atoms with E-state index in [2.05, 4.69) is 5.10 Å². The van der Waals surface area contributed by atoms with Gasteiger partial charge in [-0.2, -0.15) is 5.10 Å². The minimum absolute atomic E-state index is 0.131. The van der Waals surface area contributed by atoms with Gasteiger partial charge in [-0.3, -0.25) is 29.0 Å². The lowest BCUT2D eigenvalue weighted by atomic mass is 10.2. The molecule has 35 heavy (non-hydrogen) atoms. The first kappa shape index (κ1) is 28.2. The molecule has 0 aromatic carbocycles. The molecule has 2 rings (SSSR count). The number of methoxy groups -OCH3 is 4. The molecule has 0 N–H and O–H groups in total. The Kier molecular flexibility index (Phi) is 11.6. The highest BCUT2D eigenvalue weighted by molar-refractivity contribution is 5.75. The lowest BCUT2D eigenvalue weighted by Gasteiger charge is -2.26. The molecular formula is C22H34N4O9. The van der Waals surface area contributed by atoms with Crippen LogP contribution in [0.2, 0.25) is 0 Å². The van der Waals surface area contributed by atoms with Crippen molar-refractivity contribution in [1.29, 1.82) is 0 Å². The Balaban J connectivity index is 2.32. The Labute approximate surface area is 204 Å². The van der Waals surface area contributed by atoms with Gasteiger partial charge in [0.1, 0.15) is 0 Å². The zero-order valence-electron chi connectivity index (χ0n) is 20.7. The van der Waals surface area contributed by atoms with Gasteiger partial charge in [0.15, 0.2) is 6.23 Å². The number of nitrogens with zero attached hydrogens (tertiary/aromatic N) is 4. The maximum absolute atomic E-state index is 11.9. The summed E-state index contributed by atoms with van der Waals surface area (Å²) >= 11 is 0. The summed E-state index contributed by atoms with van der Waals surface area (Å²) in [5, 5.41) is 4.68. The van der Waals surface area contributed by atoms with Gasteiger partial charge in [0.2, 0.25) is 0 Å². The van der Waals surface area contributed by atoms with E-state index < -0.39 is 23.9 Å². The summed E-state index contributed by atoms with van der Waals surface area (Å²) < 4.78 is 26.6. The zero-order valence-corrected chi connectivity index (χ0v) is 20.7. The predicted octanol–water partition coefficient (Wildman–Crippen LogP) is -0.122. The second kappa shape index (κ2) is 14.4. The van der Waals surface area contributed by atoms with Crippen molar-refractivity contribution in [2.75, 3.05) is 61.2 Å². The van der Waals surface area contributed by atoms with Crippen LogP contribution in [-0.4, -0.2) is 105 Å². The topological polar surface area (TPSA) is 139 Å². The summed E-state index contributed by atoms with van der Waals surface area (Å²) in [7, 11) is 5.08. The fraction of sp³-hybridized carbons (Fsp3) is 0.682. The van der Waals surface area contributed by atoms with Gasteiger partial charge in [-0.05, 0) is 25.3 Å². The highest BCUT2D eigenvalue weighted by Gasteiger charge is 2.25. The number of carbonyl (C=O) groups excluding carboxylic acids is 4. The molecular weight excluding hydrogens is 464 g/mol. The minimum Gasteiger partial charge on any atom is -0.468 e. The van der Waals surface area contributed by atoms with E-state index in [-0.39, 0.29) is 45.5 Å². The summed E-state index contributed by atoms with van der Waals surface area (Å²) in [6.07, 6.45) is 2.34. The quantitative estimate of drug-likeness (QED) is 0.265. The van der Waals surface area contributed by atoms with Gasteiger partial charge in [0.05, 0.1) is 66.0 Å². The second-order valence-electron chi connectivity index (χ2n) is 7.99. The molecule has 0 bridgehead atoms. The van der Waals surface area contributed by atoms with E-state index in [1.165, 1.54) is 28.4 Å². The summed E-state index contributed by atoms with van der Waals surface area (Å²) in [5.41, 5.74) is 1.26. The molecule has 0 radical (unpaired) electrons. The van der Waals surface area contributed by atoms with Crippen molar-refractivity contribution >= 4 is 23.9 Å². The SMILES string of the molecule is COC(=O)CN(CC(=O)OC)Cc1cc(CN(CC(=O)OC)CC(=O)OC)n(C2CCCCO2)n1. The Morgan fingerprint density at radius 3 is 1.77 bits per heavy atom. The van der Waals surface area contributed by atoms with Crippen molar-refractivity contribution in [3.63, 3.8) is 0 Å². The van der Waals surface area contributed by atoms with E-state index in [9.17, 15) is 19.2 Å². The van der Waals surface area contributed by atoms with E-state index in [1.54, 1.807) is 20.5 Å². The van der Waals surface area contributed by atoms with Gasteiger partial charge < -0.3 is 23.7 Å². The standard InChI is InChI=1S/C22H34N4O9/c1-31-19(27)12-24(13-20(28)32-2)10-16-9-17(26(23-16)18-7-5-6-8-35-18)11-25(14-21(29)33-3)15-22(30)34-4/h9,18H,5-8,10-15H2,1-4H3. The number of esters is 4. The lowest BCUT2D eigenvalue weighted by Crippen LogP contribution is -2.36. The average molecular weight is 499 g/mol. The molecule has 196 valence electrons. The third-order valence-corrected chi connectivity index (χ3v) is 5.38. The van der Waals surface area contributed by atoms with Crippen LogP contribution in [0, 0.1) is 0 Å². The molecule has 0 amide bonds. The number of carbonyl (C=O) groups is 4. The summed E-state index contributed by atoms with van der Waals surface area (Å²) in [4.78, 5) is 50.7. The molecule has 1 aromatic rings. The largest absolute Gasteiger partial charge is 0.468 e. The van der Waals surface area contributed by atoms with Gasteiger partial charge in [-0.25, -0.2) is 4.68 Å². The first-order valence-corrected chi connectivity index (χ1v) is 11.2. The monoisotopic (exact) mass is 498 g/mol. The molecule has 0 spiro atoms. The van der Waals surface area contributed by atoms with E-state index in [4.69, 9.17) is 23.7 Å². The normalized spacial score (nSPS) is 15.7. The van der Waals surface area contributed by atoms with Crippen molar-refractivity contribution in [3.05, 3.63) is 17.5 Å². The maximum atomic E-state index is 11.9. The molecule has 1 atom stereocenters. The van der Waals surface area contributed by atoms with Crippen molar-refractivity contribution in [3.8, 4) is 0 Å². The minimum atomic E-state index is -0.508. The Morgan fingerprint density at radius 1 is 0.857 bits per heavy atom.